The van der Waals surface area contributed by atoms with E-state index in [2.05, 4.69) is 21.2 Å². The Morgan fingerprint density at radius 1 is 1.25 bits per heavy atom. The monoisotopic (exact) mass is 518 g/mol. The van der Waals surface area contributed by atoms with Crippen LogP contribution >= 0.6 is 15.9 Å². The Morgan fingerprint density at radius 2 is 1.94 bits per heavy atom. The highest BCUT2D eigenvalue weighted by Crippen LogP contribution is 2.29. The number of urea groups is 1. The summed E-state index contributed by atoms with van der Waals surface area (Å²) < 4.78 is 59.4. The van der Waals surface area contributed by atoms with Crippen LogP contribution in [0.2, 0.25) is 0 Å². The summed E-state index contributed by atoms with van der Waals surface area (Å²) in [6.07, 6.45) is -3.52. The Bertz CT molecular complexity index is 1280. The third-order valence-electron chi connectivity index (χ3n) is 4.45. The average Bonchev–Trinajstić information content (AvgIpc) is 3.20. The molecule has 0 spiro atoms. The van der Waals surface area contributed by atoms with E-state index in [0.717, 1.165) is 19.2 Å². The van der Waals surface area contributed by atoms with Crippen molar-refractivity contribution < 1.29 is 26.8 Å². The Hall–Kier alpha value is -3.35. The molecule has 0 aliphatic rings. The largest absolute Gasteiger partial charge is 0.467 e. The zero-order chi connectivity index (χ0) is 23.8. The van der Waals surface area contributed by atoms with Gasteiger partial charge in [-0.3, -0.25) is 9.36 Å². The lowest BCUT2D eigenvalue weighted by Gasteiger charge is -2.19. The van der Waals surface area contributed by atoms with Gasteiger partial charge in [0.05, 0.1) is 24.2 Å². The third-order valence-corrected chi connectivity index (χ3v) is 5.11. The number of hydrogen-bond donors (Lipinski definition) is 1. The molecule has 1 aromatic carbocycles. The number of nitrogens with zero attached hydrogens (tertiary/aromatic N) is 3. The maximum Gasteiger partial charge on any atom is 0.431 e. The summed E-state index contributed by atoms with van der Waals surface area (Å²) in [6, 6.07) is 4.70. The number of carbonyl (C=O) groups is 1. The molecular formula is C19H15BrF4N4O4. The number of furan rings is 1. The molecule has 0 unspecified atom stereocenters. The molecule has 13 heteroatoms. The maximum atomic E-state index is 14.6. The van der Waals surface area contributed by atoms with Gasteiger partial charge in [-0.1, -0.05) is 0 Å². The number of aromatic nitrogens is 2. The second-order valence-corrected chi connectivity index (χ2v) is 7.55. The van der Waals surface area contributed by atoms with E-state index < -0.39 is 40.7 Å². The van der Waals surface area contributed by atoms with Crippen LogP contribution < -0.4 is 16.6 Å². The van der Waals surface area contributed by atoms with Crippen LogP contribution in [0.3, 0.4) is 0 Å². The quantitative estimate of drug-likeness (QED) is 0.533. The molecule has 0 saturated carbocycles. The van der Waals surface area contributed by atoms with E-state index in [1.54, 1.807) is 12.1 Å². The van der Waals surface area contributed by atoms with E-state index in [0.29, 0.717) is 5.76 Å². The van der Waals surface area contributed by atoms with Gasteiger partial charge in [-0.2, -0.15) is 13.2 Å². The number of alkyl halides is 3. The molecular weight excluding hydrogens is 504 g/mol. The van der Waals surface area contributed by atoms with Crippen LogP contribution in [-0.4, -0.2) is 27.1 Å². The van der Waals surface area contributed by atoms with E-state index >= 15 is 0 Å². The van der Waals surface area contributed by atoms with Crippen molar-refractivity contribution in [1.82, 2.24) is 14.0 Å². The molecule has 0 aliphatic carbocycles. The molecule has 0 radical (unpaired) electrons. The number of nitrogens with one attached hydrogen (secondary N) is 1. The minimum absolute atomic E-state index is 0.0217. The summed E-state index contributed by atoms with van der Waals surface area (Å²) in [5.41, 5.74) is -4.91. The highest BCUT2D eigenvalue weighted by molar-refractivity contribution is 9.10. The minimum atomic E-state index is -4.96. The lowest BCUT2D eigenvalue weighted by atomic mass is 10.2. The topological polar surface area (TPSA) is 89.5 Å². The molecule has 0 atom stereocenters. The van der Waals surface area contributed by atoms with Crippen molar-refractivity contribution in [2.45, 2.75) is 12.7 Å². The predicted octanol–water partition coefficient (Wildman–Crippen LogP) is 3.71. The van der Waals surface area contributed by atoms with Crippen molar-refractivity contribution >= 4 is 27.6 Å². The first-order valence-electron chi connectivity index (χ1n) is 8.84. The number of carbonyl (C=O) groups excluding carboxylic acids is 1. The van der Waals surface area contributed by atoms with Crippen LogP contribution in [0.5, 0.6) is 0 Å². The first-order valence-corrected chi connectivity index (χ1v) is 9.63. The van der Waals surface area contributed by atoms with E-state index in [1.165, 1.54) is 18.2 Å². The van der Waals surface area contributed by atoms with Gasteiger partial charge in [0.25, 0.3) is 5.56 Å². The summed E-state index contributed by atoms with van der Waals surface area (Å²) in [7, 11) is 2.27. The standard InChI is InChI=1S/C19H15BrF4N4O4/c1-26(9-10-4-3-5-32-10)17(30)25-13-7-14(12(21)6-11(13)20)28-16(29)8-15(19(22,23)24)27(2)18(28)31/h3-8H,9H2,1-2H3,(H,25,30). The zero-order valence-electron chi connectivity index (χ0n) is 16.5. The molecule has 0 saturated heterocycles. The molecule has 3 aromatic rings. The minimum Gasteiger partial charge on any atom is -0.467 e. The molecule has 2 heterocycles. The van der Waals surface area contributed by atoms with Gasteiger partial charge in [0.2, 0.25) is 0 Å². The molecule has 2 amide bonds. The molecule has 1 N–H and O–H groups in total. The van der Waals surface area contributed by atoms with Gasteiger partial charge in [-0.05, 0) is 40.2 Å². The van der Waals surface area contributed by atoms with Crippen molar-refractivity contribution in [2.75, 3.05) is 12.4 Å². The third kappa shape index (κ3) is 4.61. The van der Waals surface area contributed by atoms with Gasteiger partial charge in [0.15, 0.2) is 0 Å². The Kier molecular flexibility index (Phi) is 6.30. The number of halogens is 5. The molecule has 3 rings (SSSR count). The van der Waals surface area contributed by atoms with Crippen molar-refractivity contribution in [3.8, 4) is 5.69 Å². The van der Waals surface area contributed by atoms with Crippen LogP contribution in [0.4, 0.5) is 28.0 Å². The van der Waals surface area contributed by atoms with E-state index in [9.17, 15) is 31.9 Å². The van der Waals surface area contributed by atoms with Gasteiger partial charge >= 0.3 is 17.9 Å². The van der Waals surface area contributed by atoms with Gasteiger partial charge in [0, 0.05) is 24.6 Å². The van der Waals surface area contributed by atoms with Gasteiger partial charge in [-0.15, -0.1) is 0 Å². The first kappa shape index (κ1) is 23.3. The maximum absolute atomic E-state index is 14.6. The number of anilines is 1. The highest BCUT2D eigenvalue weighted by Gasteiger charge is 2.35. The molecule has 8 nitrogen and oxygen atoms in total. The number of hydrogen-bond acceptors (Lipinski definition) is 4. The summed E-state index contributed by atoms with van der Waals surface area (Å²) in [4.78, 5) is 38.5. The summed E-state index contributed by atoms with van der Waals surface area (Å²) in [5.74, 6) is -0.570. The number of rotatable bonds is 4. The summed E-state index contributed by atoms with van der Waals surface area (Å²) in [5, 5.41) is 2.48. The fourth-order valence-corrected chi connectivity index (χ4v) is 3.26. The average molecular weight is 519 g/mol. The van der Waals surface area contributed by atoms with Crippen LogP contribution in [-0.2, 0) is 19.8 Å². The van der Waals surface area contributed by atoms with Crippen molar-refractivity contribution in [2.24, 2.45) is 7.05 Å². The molecule has 170 valence electrons. The Labute approximate surface area is 185 Å². The second kappa shape index (κ2) is 8.65. The first-order chi connectivity index (χ1) is 14.9. The van der Waals surface area contributed by atoms with Crippen LogP contribution in [0.25, 0.3) is 5.69 Å². The van der Waals surface area contributed by atoms with Crippen LogP contribution in [0.15, 0.2) is 55.1 Å². The predicted molar refractivity (Wildman–Crippen MR) is 109 cm³/mol. The molecule has 0 fully saturated rings. The second-order valence-electron chi connectivity index (χ2n) is 6.69. The molecule has 0 aliphatic heterocycles. The summed E-state index contributed by atoms with van der Waals surface area (Å²) >= 11 is 3.07. The van der Waals surface area contributed by atoms with Gasteiger partial charge in [-0.25, -0.2) is 18.5 Å². The van der Waals surface area contributed by atoms with Crippen LogP contribution in [0, 0.1) is 5.82 Å². The van der Waals surface area contributed by atoms with Crippen LogP contribution in [0.1, 0.15) is 11.5 Å². The number of amides is 2. The SMILES string of the molecule is CN(Cc1ccco1)C(=O)Nc1cc(-n2c(=O)cc(C(F)(F)F)n(C)c2=O)c(F)cc1Br. The number of benzene rings is 1. The van der Waals surface area contributed by atoms with E-state index in [-0.39, 0.29) is 31.9 Å². The highest BCUT2D eigenvalue weighted by atomic mass is 79.9. The molecule has 32 heavy (non-hydrogen) atoms. The van der Waals surface area contributed by atoms with Crippen molar-refractivity contribution in [3.05, 3.63) is 79.2 Å². The lowest BCUT2D eigenvalue weighted by Crippen LogP contribution is -2.41. The van der Waals surface area contributed by atoms with Gasteiger partial charge < -0.3 is 14.6 Å². The smallest absolute Gasteiger partial charge is 0.431 e. The van der Waals surface area contributed by atoms with E-state index in [4.69, 9.17) is 4.42 Å². The Balaban J connectivity index is 2.01. The summed E-state index contributed by atoms with van der Waals surface area (Å²) in [6.45, 7) is 0.114. The van der Waals surface area contributed by atoms with Crippen molar-refractivity contribution in [3.63, 3.8) is 0 Å². The molecule has 2 aromatic heterocycles. The molecule has 0 bridgehead atoms. The van der Waals surface area contributed by atoms with Gasteiger partial charge in [0.1, 0.15) is 17.3 Å². The normalized spacial score (nSPS) is 11.5. The zero-order valence-corrected chi connectivity index (χ0v) is 18.1. The van der Waals surface area contributed by atoms with E-state index in [1.807, 2.05) is 0 Å². The van der Waals surface area contributed by atoms with Crippen molar-refractivity contribution in [1.29, 1.82) is 0 Å². The Morgan fingerprint density at radius 3 is 2.53 bits per heavy atom. The fraction of sp³-hybridized carbons (Fsp3) is 0.211. The lowest BCUT2D eigenvalue weighted by molar-refractivity contribution is -0.144. The fourth-order valence-electron chi connectivity index (χ4n) is 2.84.